The molecular weight excluding hydrogens is 433 g/mol. The maximum absolute atomic E-state index is 13.1. The standard InChI is InChI=1S/C21H23F3N2O4S/c22-21(23,24)17-4-2-16(3-5-17)15-25-8-1-9-26(11-10-25)31(27,28)18-6-7-19-20(14-18)30-13-12-29-19/h2-7,14H,1,8-13,15H2. The van der Waals surface area contributed by atoms with Crippen LogP contribution in [0.2, 0.25) is 0 Å². The Morgan fingerprint density at radius 3 is 2.29 bits per heavy atom. The van der Waals surface area contributed by atoms with E-state index in [1.54, 1.807) is 6.07 Å². The molecule has 31 heavy (non-hydrogen) atoms. The Morgan fingerprint density at radius 2 is 1.58 bits per heavy atom. The minimum absolute atomic E-state index is 0.160. The maximum Gasteiger partial charge on any atom is 0.416 e. The van der Waals surface area contributed by atoms with Crippen LogP contribution in [0.25, 0.3) is 0 Å². The van der Waals surface area contributed by atoms with E-state index < -0.39 is 21.8 Å². The lowest BCUT2D eigenvalue weighted by atomic mass is 10.1. The Bertz CT molecular complexity index is 1030. The average molecular weight is 456 g/mol. The van der Waals surface area contributed by atoms with E-state index >= 15 is 0 Å². The van der Waals surface area contributed by atoms with Gasteiger partial charge in [-0.15, -0.1) is 0 Å². The van der Waals surface area contributed by atoms with Crippen molar-refractivity contribution < 1.29 is 31.1 Å². The van der Waals surface area contributed by atoms with Gasteiger partial charge in [0.25, 0.3) is 0 Å². The van der Waals surface area contributed by atoms with E-state index in [9.17, 15) is 21.6 Å². The lowest BCUT2D eigenvalue weighted by molar-refractivity contribution is -0.137. The van der Waals surface area contributed by atoms with Gasteiger partial charge in [0.05, 0.1) is 10.5 Å². The Kier molecular flexibility index (Phi) is 6.14. The fourth-order valence-corrected chi connectivity index (χ4v) is 5.22. The summed E-state index contributed by atoms with van der Waals surface area (Å²) in [4.78, 5) is 2.22. The highest BCUT2D eigenvalue weighted by molar-refractivity contribution is 7.89. The SMILES string of the molecule is O=S(=O)(c1ccc2c(c1)OCCO2)N1CCCN(Cc2ccc(C(F)(F)F)cc2)CC1. The molecule has 2 aliphatic heterocycles. The second-order valence-electron chi connectivity index (χ2n) is 7.53. The third kappa shape index (κ3) is 4.97. The zero-order valence-corrected chi connectivity index (χ0v) is 17.6. The van der Waals surface area contributed by atoms with Crippen molar-refractivity contribution in [2.75, 3.05) is 39.4 Å². The minimum Gasteiger partial charge on any atom is -0.486 e. The normalized spacial score (nSPS) is 18.5. The van der Waals surface area contributed by atoms with E-state index in [-0.39, 0.29) is 4.90 Å². The summed E-state index contributed by atoms with van der Waals surface area (Å²) in [7, 11) is -3.69. The first-order valence-electron chi connectivity index (χ1n) is 10.0. The molecule has 0 atom stereocenters. The van der Waals surface area contributed by atoms with Gasteiger partial charge in [0.1, 0.15) is 13.2 Å². The molecule has 0 unspecified atom stereocenters. The van der Waals surface area contributed by atoms with E-state index in [1.807, 2.05) is 0 Å². The third-order valence-electron chi connectivity index (χ3n) is 5.39. The number of alkyl halides is 3. The molecule has 0 aromatic heterocycles. The zero-order chi connectivity index (χ0) is 22.1. The van der Waals surface area contributed by atoms with Gasteiger partial charge in [0.2, 0.25) is 10.0 Å². The first-order valence-corrected chi connectivity index (χ1v) is 11.5. The van der Waals surface area contributed by atoms with Gasteiger partial charge >= 0.3 is 6.18 Å². The van der Waals surface area contributed by atoms with Gasteiger partial charge < -0.3 is 9.47 Å². The number of benzene rings is 2. The van der Waals surface area contributed by atoms with Gasteiger partial charge in [-0.25, -0.2) is 8.42 Å². The van der Waals surface area contributed by atoms with Crippen LogP contribution in [0.4, 0.5) is 13.2 Å². The predicted molar refractivity (Wildman–Crippen MR) is 108 cm³/mol. The molecule has 4 rings (SSSR count). The van der Waals surface area contributed by atoms with Crippen molar-refractivity contribution in [2.45, 2.75) is 24.0 Å². The maximum atomic E-state index is 13.1. The largest absolute Gasteiger partial charge is 0.486 e. The molecule has 0 amide bonds. The fourth-order valence-electron chi connectivity index (χ4n) is 3.74. The highest BCUT2D eigenvalue weighted by Gasteiger charge is 2.31. The molecule has 0 N–H and O–H groups in total. The molecule has 1 saturated heterocycles. The van der Waals surface area contributed by atoms with Crippen LogP contribution in [0.1, 0.15) is 17.5 Å². The number of hydrogen-bond acceptors (Lipinski definition) is 5. The first-order chi connectivity index (χ1) is 14.7. The zero-order valence-electron chi connectivity index (χ0n) is 16.8. The molecule has 0 radical (unpaired) electrons. The first kappa shape index (κ1) is 21.9. The van der Waals surface area contributed by atoms with E-state index in [2.05, 4.69) is 4.90 Å². The summed E-state index contributed by atoms with van der Waals surface area (Å²) in [5, 5.41) is 0. The van der Waals surface area contributed by atoms with Gasteiger partial charge in [-0.3, -0.25) is 4.90 Å². The number of rotatable bonds is 4. The molecule has 1 fully saturated rings. The van der Waals surface area contributed by atoms with Crippen molar-refractivity contribution in [3.8, 4) is 11.5 Å². The van der Waals surface area contributed by atoms with Crippen LogP contribution in [0, 0.1) is 0 Å². The summed E-state index contributed by atoms with van der Waals surface area (Å²) < 4.78 is 76.8. The Morgan fingerprint density at radius 1 is 0.871 bits per heavy atom. The second-order valence-corrected chi connectivity index (χ2v) is 9.47. The van der Waals surface area contributed by atoms with Gasteiger partial charge in [-0.2, -0.15) is 17.5 Å². The molecule has 10 heteroatoms. The molecule has 0 aliphatic carbocycles. The molecule has 2 aromatic rings. The van der Waals surface area contributed by atoms with Gasteiger partial charge in [-0.05, 0) is 42.8 Å². The summed E-state index contributed by atoms with van der Waals surface area (Å²) in [5.74, 6) is 0.954. The summed E-state index contributed by atoms with van der Waals surface area (Å²) in [5.41, 5.74) is 0.0833. The number of fused-ring (bicyclic) bond motifs is 1. The summed E-state index contributed by atoms with van der Waals surface area (Å²) in [6, 6.07) is 9.71. The molecular formula is C21H23F3N2O4S. The van der Waals surface area contributed by atoms with Crippen molar-refractivity contribution in [2.24, 2.45) is 0 Å². The quantitative estimate of drug-likeness (QED) is 0.706. The van der Waals surface area contributed by atoms with Crippen LogP contribution < -0.4 is 9.47 Å². The number of halogens is 3. The van der Waals surface area contributed by atoms with E-state index in [1.165, 1.54) is 28.6 Å². The smallest absolute Gasteiger partial charge is 0.416 e. The molecule has 6 nitrogen and oxygen atoms in total. The third-order valence-corrected chi connectivity index (χ3v) is 7.28. The van der Waals surface area contributed by atoms with Crippen molar-refractivity contribution in [3.05, 3.63) is 53.6 Å². The second kappa shape index (κ2) is 8.68. The van der Waals surface area contributed by atoms with Crippen LogP contribution in [0.5, 0.6) is 11.5 Å². The Labute approximate surface area is 179 Å². The molecule has 2 aromatic carbocycles. The minimum atomic E-state index is -4.36. The van der Waals surface area contributed by atoms with Crippen LogP contribution in [0.3, 0.4) is 0 Å². The topological polar surface area (TPSA) is 59.1 Å². The van der Waals surface area contributed by atoms with Crippen LogP contribution in [-0.4, -0.2) is 57.0 Å². The van der Waals surface area contributed by atoms with Gasteiger partial charge in [0, 0.05) is 32.2 Å². The highest BCUT2D eigenvalue weighted by Crippen LogP contribution is 2.33. The molecule has 168 valence electrons. The molecule has 2 heterocycles. The van der Waals surface area contributed by atoms with E-state index in [4.69, 9.17) is 9.47 Å². The van der Waals surface area contributed by atoms with Crippen molar-refractivity contribution in [1.82, 2.24) is 9.21 Å². The van der Waals surface area contributed by atoms with Gasteiger partial charge in [0.15, 0.2) is 11.5 Å². The average Bonchev–Trinajstić information content (AvgIpc) is 2.99. The van der Waals surface area contributed by atoms with Crippen molar-refractivity contribution in [3.63, 3.8) is 0 Å². The summed E-state index contributed by atoms with van der Waals surface area (Å²) >= 11 is 0. The van der Waals surface area contributed by atoms with Crippen molar-refractivity contribution in [1.29, 1.82) is 0 Å². The number of ether oxygens (including phenoxy) is 2. The Hall–Kier alpha value is -2.30. The highest BCUT2D eigenvalue weighted by atomic mass is 32.2. The fraction of sp³-hybridized carbons (Fsp3) is 0.429. The monoisotopic (exact) mass is 456 g/mol. The summed E-state index contributed by atoms with van der Waals surface area (Å²) in [6.07, 6.45) is -3.73. The van der Waals surface area contributed by atoms with E-state index in [0.717, 1.165) is 17.7 Å². The van der Waals surface area contributed by atoms with E-state index in [0.29, 0.717) is 63.9 Å². The molecule has 0 bridgehead atoms. The number of nitrogens with zero attached hydrogens (tertiary/aromatic N) is 2. The number of hydrogen-bond donors (Lipinski definition) is 0. The predicted octanol–water partition coefficient (Wildman–Crippen LogP) is 3.37. The lowest BCUT2D eigenvalue weighted by Gasteiger charge is -2.23. The Balaban J connectivity index is 1.41. The lowest BCUT2D eigenvalue weighted by Crippen LogP contribution is -2.35. The molecule has 0 spiro atoms. The van der Waals surface area contributed by atoms with Gasteiger partial charge in [-0.1, -0.05) is 12.1 Å². The van der Waals surface area contributed by atoms with Crippen molar-refractivity contribution >= 4 is 10.0 Å². The molecule has 2 aliphatic rings. The van der Waals surface area contributed by atoms with Crippen LogP contribution in [-0.2, 0) is 22.7 Å². The number of sulfonamides is 1. The summed E-state index contributed by atoms with van der Waals surface area (Å²) in [6.45, 7) is 3.10. The van der Waals surface area contributed by atoms with Crippen LogP contribution >= 0.6 is 0 Å². The molecule has 0 saturated carbocycles. The van der Waals surface area contributed by atoms with Crippen LogP contribution in [0.15, 0.2) is 47.4 Å².